The van der Waals surface area contributed by atoms with Crippen LogP contribution < -0.4 is 5.19 Å². The monoisotopic (exact) mass is 864 g/mol. The number of benzene rings is 5. The van der Waals surface area contributed by atoms with Gasteiger partial charge in [-0.3, -0.25) is 4.98 Å². The molecular formula is C45H43IrN3OSi-2. The van der Waals surface area contributed by atoms with Gasteiger partial charge in [0.05, 0.1) is 30.5 Å². The standard InChI is InChI=1S/C23H26NSi.C22H17N2O.Ir/c1-18(19-11-7-5-8-12-19)15-21-16-22(20-13-9-6-10-14-20)24-17-23(21)25(2,3)4;1-14(2)24-19-12-5-4-11-18(19)23-22(24)17-10-7-9-16-15-8-3-6-13-20(15)25-21(16)17;/h5-13,16-18H,15H2,1-4H3;3-9,11-14H,1-2H3;/q2*-1;/i15D2;;. The number of hydrogen-bond acceptors (Lipinski definition) is 3. The van der Waals surface area contributed by atoms with Crippen molar-refractivity contribution in [2.24, 2.45) is 0 Å². The molecule has 4 nitrogen and oxygen atoms in total. The number of furan rings is 1. The third kappa shape index (κ3) is 7.55. The Morgan fingerprint density at radius 2 is 1.53 bits per heavy atom. The molecule has 0 N–H and O–H groups in total. The van der Waals surface area contributed by atoms with Gasteiger partial charge >= 0.3 is 0 Å². The predicted molar refractivity (Wildman–Crippen MR) is 212 cm³/mol. The van der Waals surface area contributed by atoms with Gasteiger partial charge in [0.1, 0.15) is 5.58 Å². The molecule has 0 amide bonds. The zero-order valence-corrected chi connectivity index (χ0v) is 33.3. The fraction of sp³-hybridized carbons (Fsp3) is 0.200. The summed E-state index contributed by atoms with van der Waals surface area (Å²) in [6.07, 6.45) is 0.400. The predicted octanol–water partition coefficient (Wildman–Crippen LogP) is 11.4. The first-order valence-electron chi connectivity index (χ1n) is 18.3. The van der Waals surface area contributed by atoms with E-state index in [0.717, 1.165) is 71.9 Å². The summed E-state index contributed by atoms with van der Waals surface area (Å²) in [5.74, 6) is 0.643. The Morgan fingerprint density at radius 1 is 0.804 bits per heavy atom. The SMILES string of the molecule is CC(C)n1c(-c2[c-]ccc3c2oc2ccccc23)nc2ccccc21.[2H]C([2H])(c1cc(-c2[c-]cccc2)ncc1[Si](C)(C)C)C(C)c1ccccc1.[Ir]. The van der Waals surface area contributed by atoms with Gasteiger partial charge in [-0.25, -0.2) is 0 Å². The molecule has 0 aliphatic carbocycles. The van der Waals surface area contributed by atoms with Gasteiger partial charge < -0.3 is 14.0 Å². The molecule has 3 aromatic heterocycles. The van der Waals surface area contributed by atoms with E-state index in [0.29, 0.717) is 0 Å². The molecule has 51 heavy (non-hydrogen) atoms. The maximum Gasteiger partial charge on any atom is 0.120 e. The van der Waals surface area contributed by atoms with E-state index < -0.39 is 14.4 Å². The van der Waals surface area contributed by atoms with E-state index in [1.54, 1.807) is 0 Å². The van der Waals surface area contributed by atoms with Gasteiger partial charge in [-0.1, -0.05) is 110 Å². The summed E-state index contributed by atoms with van der Waals surface area (Å²) < 4.78 is 26.5. The van der Waals surface area contributed by atoms with E-state index in [1.165, 1.54) is 0 Å². The van der Waals surface area contributed by atoms with Gasteiger partial charge in [-0.05, 0) is 60.8 Å². The van der Waals surface area contributed by atoms with E-state index >= 15 is 0 Å². The first-order valence-corrected chi connectivity index (χ1v) is 20.8. The average molecular weight is 864 g/mol. The minimum absolute atomic E-state index is 0. The minimum atomic E-state index is -1.77. The topological polar surface area (TPSA) is 43.9 Å². The van der Waals surface area contributed by atoms with E-state index in [9.17, 15) is 0 Å². The van der Waals surface area contributed by atoms with Crippen LogP contribution in [0.2, 0.25) is 19.6 Å². The number of para-hydroxylation sites is 3. The molecule has 3 heterocycles. The summed E-state index contributed by atoms with van der Waals surface area (Å²) >= 11 is 0. The number of pyridine rings is 1. The Hall–Kier alpha value is -4.61. The maximum atomic E-state index is 9.04. The number of rotatable bonds is 7. The molecule has 8 aromatic rings. The quantitative estimate of drug-likeness (QED) is 0.118. The van der Waals surface area contributed by atoms with Crippen molar-refractivity contribution in [3.63, 3.8) is 0 Å². The summed E-state index contributed by atoms with van der Waals surface area (Å²) in [5, 5.41) is 3.31. The molecule has 1 atom stereocenters. The second-order valence-electron chi connectivity index (χ2n) is 14.0. The number of hydrogen-bond donors (Lipinski definition) is 0. The number of nitrogens with zero attached hydrogens (tertiary/aromatic N) is 3. The van der Waals surface area contributed by atoms with Crippen LogP contribution in [0, 0.1) is 12.1 Å². The Balaban J connectivity index is 0.000000178. The molecule has 0 aliphatic rings. The fourth-order valence-corrected chi connectivity index (χ4v) is 7.94. The number of aromatic nitrogens is 3. The molecule has 259 valence electrons. The van der Waals surface area contributed by atoms with Crippen molar-refractivity contribution in [3.05, 3.63) is 151 Å². The molecule has 0 spiro atoms. The van der Waals surface area contributed by atoms with Crippen LogP contribution in [0.25, 0.3) is 55.6 Å². The second kappa shape index (κ2) is 15.3. The van der Waals surface area contributed by atoms with Gasteiger partial charge in [0, 0.05) is 40.5 Å². The van der Waals surface area contributed by atoms with E-state index in [1.807, 2.05) is 104 Å². The Kier molecular flexibility index (Phi) is 10.1. The van der Waals surface area contributed by atoms with Crippen LogP contribution >= 0.6 is 0 Å². The largest absolute Gasteiger partial charge is 0.501 e. The van der Waals surface area contributed by atoms with Crippen molar-refractivity contribution >= 4 is 46.2 Å². The Morgan fingerprint density at radius 3 is 2.27 bits per heavy atom. The normalized spacial score (nSPS) is 13.0. The van der Waals surface area contributed by atoms with Crippen molar-refractivity contribution in [3.8, 4) is 22.6 Å². The number of imidazole rings is 1. The van der Waals surface area contributed by atoms with Gasteiger partial charge in [0.25, 0.3) is 0 Å². The smallest absolute Gasteiger partial charge is 0.120 e. The van der Waals surface area contributed by atoms with Crippen molar-refractivity contribution < 1.29 is 27.3 Å². The minimum Gasteiger partial charge on any atom is -0.501 e. The second-order valence-corrected chi connectivity index (χ2v) is 19.0. The van der Waals surface area contributed by atoms with Crippen molar-refractivity contribution in [2.45, 2.75) is 58.7 Å². The first kappa shape index (κ1) is 33.5. The van der Waals surface area contributed by atoms with Gasteiger partial charge in [0.15, 0.2) is 0 Å². The first-order chi connectivity index (χ1) is 24.9. The summed E-state index contributed by atoms with van der Waals surface area (Å²) in [4.78, 5) is 9.55. The summed E-state index contributed by atoms with van der Waals surface area (Å²) in [6.45, 7) is 13.0. The Bertz CT molecular complexity index is 2490. The van der Waals surface area contributed by atoms with Gasteiger partial charge in [-0.15, -0.1) is 54.1 Å². The van der Waals surface area contributed by atoms with Crippen LogP contribution in [-0.4, -0.2) is 22.6 Å². The molecule has 0 saturated carbocycles. The van der Waals surface area contributed by atoms with Gasteiger partial charge in [0.2, 0.25) is 0 Å². The van der Waals surface area contributed by atoms with E-state index in [-0.39, 0.29) is 32.1 Å². The van der Waals surface area contributed by atoms with Crippen LogP contribution in [0.5, 0.6) is 0 Å². The third-order valence-corrected chi connectivity index (χ3v) is 11.1. The zero-order valence-electron chi connectivity index (χ0n) is 31.9. The molecule has 8 rings (SSSR count). The fourth-order valence-electron chi connectivity index (χ4n) is 6.53. The van der Waals surface area contributed by atoms with Gasteiger partial charge in [-0.2, -0.15) is 0 Å². The van der Waals surface area contributed by atoms with Crippen LogP contribution in [-0.2, 0) is 26.5 Å². The molecule has 0 aliphatic heterocycles. The molecule has 1 unspecified atom stereocenters. The average Bonchev–Trinajstić information content (AvgIpc) is 3.74. The molecule has 1 radical (unpaired) electrons. The van der Waals surface area contributed by atoms with Crippen LogP contribution in [0.15, 0.2) is 132 Å². The molecule has 0 bridgehead atoms. The molecule has 0 fully saturated rings. The van der Waals surface area contributed by atoms with E-state index in [4.69, 9.17) is 12.1 Å². The summed E-state index contributed by atoms with van der Waals surface area (Å²) in [5.41, 5.74) is 8.22. The van der Waals surface area contributed by atoms with Crippen LogP contribution in [0.3, 0.4) is 0 Å². The molecule has 6 heteroatoms. The summed E-state index contributed by atoms with van der Waals surface area (Å²) in [7, 11) is -1.77. The van der Waals surface area contributed by atoms with Crippen molar-refractivity contribution in [1.82, 2.24) is 14.5 Å². The maximum absolute atomic E-state index is 9.04. The van der Waals surface area contributed by atoms with Crippen LogP contribution in [0.1, 0.15) is 46.6 Å². The molecule has 5 aromatic carbocycles. The third-order valence-electron chi connectivity index (χ3n) is 9.04. The van der Waals surface area contributed by atoms with E-state index in [2.05, 4.69) is 85.5 Å². The molecule has 0 saturated heterocycles. The Labute approximate surface area is 318 Å². The van der Waals surface area contributed by atoms with Crippen molar-refractivity contribution in [1.29, 1.82) is 0 Å². The number of fused-ring (bicyclic) bond motifs is 4. The molecular weight excluding hydrogens is 819 g/mol. The van der Waals surface area contributed by atoms with Crippen LogP contribution in [0.4, 0.5) is 0 Å². The van der Waals surface area contributed by atoms with Crippen molar-refractivity contribution in [2.75, 3.05) is 0 Å². The zero-order chi connectivity index (χ0) is 36.6. The summed E-state index contributed by atoms with van der Waals surface area (Å²) in [6, 6.07) is 46.8.